The van der Waals surface area contributed by atoms with Crippen molar-refractivity contribution in [3.05, 3.63) is 42.5 Å². The summed E-state index contributed by atoms with van der Waals surface area (Å²) in [4.78, 5) is 16.0. The highest BCUT2D eigenvalue weighted by molar-refractivity contribution is 5.85. The summed E-state index contributed by atoms with van der Waals surface area (Å²) in [7, 11) is 0. The maximum atomic E-state index is 12.1. The molecule has 2 N–H and O–H groups in total. The van der Waals surface area contributed by atoms with Gasteiger partial charge in [0, 0.05) is 12.5 Å². The Kier molecular flexibility index (Phi) is 5.51. The molecule has 1 unspecified atom stereocenters. The molecule has 6 nitrogen and oxygen atoms in total. The van der Waals surface area contributed by atoms with Crippen molar-refractivity contribution in [2.45, 2.75) is 13.5 Å². The molecule has 0 bridgehead atoms. The monoisotopic (exact) mass is 321 g/mol. The van der Waals surface area contributed by atoms with E-state index in [1.807, 2.05) is 31.2 Å². The van der Waals surface area contributed by atoms with Crippen LogP contribution in [-0.4, -0.2) is 33.8 Å². The topological polar surface area (TPSA) is 71.8 Å². The highest BCUT2D eigenvalue weighted by Crippen LogP contribution is 2.16. The Morgan fingerprint density at radius 1 is 1.50 bits per heavy atom. The van der Waals surface area contributed by atoms with Crippen molar-refractivity contribution in [2.24, 2.45) is 11.8 Å². The molecule has 0 spiro atoms. The molecule has 3 rings (SSSR count). The van der Waals surface area contributed by atoms with E-state index in [2.05, 4.69) is 20.7 Å². The molecule has 0 aliphatic carbocycles. The van der Waals surface area contributed by atoms with Gasteiger partial charge in [0.05, 0.1) is 5.69 Å². The molecule has 1 aromatic carbocycles. The van der Waals surface area contributed by atoms with Crippen LogP contribution in [0.2, 0.25) is 0 Å². The minimum atomic E-state index is 0. The van der Waals surface area contributed by atoms with Crippen LogP contribution in [0.1, 0.15) is 12.5 Å². The molecule has 1 fully saturated rings. The zero-order valence-electron chi connectivity index (χ0n) is 12.4. The summed E-state index contributed by atoms with van der Waals surface area (Å²) >= 11 is 0. The first kappa shape index (κ1) is 16.5. The van der Waals surface area contributed by atoms with E-state index in [0.717, 1.165) is 24.3 Å². The van der Waals surface area contributed by atoms with Crippen molar-refractivity contribution < 1.29 is 4.79 Å². The molecule has 22 heavy (non-hydrogen) atoms. The molecule has 7 heteroatoms. The molecule has 0 radical (unpaired) electrons. The lowest BCUT2D eigenvalue weighted by molar-refractivity contribution is -0.126. The molecule has 118 valence electrons. The number of benzene rings is 1. The van der Waals surface area contributed by atoms with Crippen molar-refractivity contribution in [3.8, 4) is 5.69 Å². The number of rotatable bonds is 5. The van der Waals surface area contributed by atoms with E-state index < -0.39 is 0 Å². The van der Waals surface area contributed by atoms with E-state index in [4.69, 9.17) is 0 Å². The molecule has 1 aliphatic rings. The van der Waals surface area contributed by atoms with Gasteiger partial charge < -0.3 is 10.6 Å². The highest BCUT2D eigenvalue weighted by atomic mass is 35.5. The number of carbonyl (C=O) groups excluding carboxylic acids is 1. The van der Waals surface area contributed by atoms with Gasteiger partial charge in [-0.25, -0.2) is 9.67 Å². The maximum absolute atomic E-state index is 12.1. The van der Waals surface area contributed by atoms with Crippen LogP contribution in [0.15, 0.2) is 36.9 Å². The van der Waals surface area contributed by atoms with Crippen LogP contribution in [0.5, 0.6) is 0 Å². The van der Waals surface area contributed by atoms with Crippen LogP contribution < -0.4 is 10.6 Å². The number of aromatic nitrogens is 3. The first-order chi connectivity index (χ1) is 10.2. The molecule has 1 aliphatic heterocycles. The second-order valence-electron chi connectivity index (χ2n) is 5.43. The molecule has 1 saturated heterocycles. The Morgan fingerprint density at radius 2 is 2.32 bits per heavy atom. The third-order valence-electron chi connectivity index (χ3n) is 3.99. The van der Waals surface area contributed by atoms with Gasteiger partial charge in [0.1, 0.15) is 12.7 Å². The largest absolute Gasteiger partial charge is 0.352 e. The van der Waals surface area contributed by atoms with Crippen molar-refractivity contribution >= 4 is 18.3 Å². The lowest BCUT2D eigenvalue weighted by Gasteiger charge is -2.31. The smallest absolute Gasteiger partial charge is 0.223 e. The summed E-state index contributed by atoms with van der Waals surface area (Å²) in [5.41, 5.74) is 1.99. The Hall–Kier alpha value is -1.92. The van der Waals surface area contributed by atoms with Gasteiger partial charge in [0.2, 0.25) is 5.91 Å². The third kappa shape index (κ3) is 3.64. The summed E-state index contributed by atoms with van der Waals surface area (Å²) in [6.45, 7) is 4.41. The first-order valence-corrected chi connectivity index (χ1v) is 7.16. The summed E-state index contributed by atoms with van der Waals surface area (Å²) in [6.07, 6.45) is 3.16. The fourth-order valence-corrected chi connectivity index (χ4v) is 2.38. The Morgan fingerprint density at radius 3 is 2.95 bits per heavy atom. The van der Waals surface area contributed by atoms with E-state index in [1.165, 1.54) is 6.33 Å². The van der Waals surface area contributed by atoms with Crippen LogP contribution in [0.25, 0.3) is 5.69 Å². The average molecular weight is 322 g/mol. The summed E-state index contributed by atoms with van der Waals surface area (Å²) in [6, 6.07) is 7.92. The second-order valence-corrected chi connectivity index (χ2v) is 5.43. The number of amides is 1. The number of carbonyl (C=O) groups is 1. The van der Waals surface area contributed by atoms with E-state index in [9.17, 15) is 4.79 Å². The van der Waals surface area contributed by atoms with Crippen LogP contribution in [0.4, 0.5) is 0 Å². The lowest BCUT2D eigenvalue weighted by atomic mass is 9.88. The molecule has 0 saturated carbocycles. The fraction of sp³-hybridized carbons (Fsp3) is 0.400. The number of halogens is 1. The van der Waals surface area contributed by atoms with E-state index >= 15 is 0 Å². The maximum Gasteiger partial charge on any atom is 0.223 e. The normalized spacial score (nSPS) is 15.5. The van der Waals surface area contributed by atoms with Crippen LogP contribution in [0, 0.1) is 11.8 Å². The number of hydrogen-bond donors (Lipinski definition) is 2. The first-order valence-electron chi connectivity index (χ1n) is 7.16. The summed E-state index contributed by atoms with van der Waals surface area (Å²) < 4.78 is 1.70. The van der Waals surface area contributed by atoms with Crippen molar-refractivity contribution in [1.82, 2.24) is 25.4 Å². The SMILES string of the molecule is CC(C(=O)NCc1cccc(-n2cncn2)c1)C1CNC1.Cl. The number of nitrogens with one attached hydrogen (secondary N) is 2. The van der Waals surface area contributed by atoms with Gasteiger partial charge in [-0.1, -0.05) is 19.1 Å². The van der Waals surface area contributed by atoms with Gasteiger partial charge >= 0.3 is 0 Å². The van der Waals surface area contributed by atoms with Gasteiger partial charge in [0.15, 0.2) is 0 Å². The van der Waals surface area contributed by atoms with Crippen LogP contribution in [0.3, 0.4) is 0 Å². The minimum absolute atomic E-state index is 0. The molecule has 1 amide bonds. The van der Waals surface area contributed by atoms with Crippen molar-refractivity contribution in [3.63, 3.8) is 0 Å². The Bertz CT molecular complexity index is 612. The number of nitrogens with zero attached hydrogens (tertiary/aromatic N) is 3. The summed E-state index contributed by atoms with van der Waals surface area (Å²) in [5, 5.41) is 10.3. The molecule has 2 heterocycles. The van der Waals surface area contributed by atoms with Crippen LogP contribution >= 0.6 is 12.4 Å². The van der Waals surface area contributed by atoms with E-state index in [1.54, 1.807) is 11.0 Å². The minimum Gasteiger partial charge on any atom is -0.352 e. The van der Waals surface area contributed by atoms with Crippen molar-refractivity contribution in [2.75, 3.05) is 13.1 Å². The predicted octanol–water partition coefficient (Wildman–Crippen LogP) is 1.16. The van der Waals surface area contributed by atoms with E-state index in [-0.39, 0.29) is 24.2 Å². The average Bonchev–Trinajstić information content (AvgIpc) is 2.97. The van der Waals surface area contributed by atoms with Gasteiger partial charge in [0.25, 0.3) is 0 Å². The van der Waals surface area contributed by atoms with E-state index in [0.29, 0.717) is 12.5 Å². The molecular formula is C15H20ClN5O. The Labute approximate surface area is 135 Å². The van der Waals surface area contributed by atoms with Crippen LogP contribution in [-0.2, 0) is 11.3 Å². The molecular weight excluding hydrogens is 302 g/mol. The third-order valence-corrected chi connectivity index (χ3v) is 3.99. The van der Waals surface area contributed by atoms with Gasteiger partial charge in [-0.3, -0.25) is 4.79 Å². The zero-order valence-corrected chi connectivity index (χ0v) is 13.2. The Balaban J connectivity index is 0.00000176. The zero-order chi connectivity index (χ0) is 14.7. The van der Waals surface area contributed by atoms with Gasteiger partial charge in [-0.05, 0) is 36.7 Å². The fourth-order valence-electron chi connectivity index (χ4n) is 2.38. The second kappa shape index (κ2) is 7.38. The quantitative estimate of drug-likeness (QED) is 0.867. The van der Waals surface area contributed by atoms with Gasteiger partial charge in [-0.2, -0.15) is 5.10 Å². The standard InChI is InChI=1S/C15H19N5O.ClH/c1-11(13-7-16-8-13)15(21)18-6-12-3-2-4-14(5-12)20-10-17-9-19-20;/h2-5,9-11,13,16H,6-8H2,1H3,(H,18,21);1H. The number of hydrogen-bond acceptors (Lipinski definition) is 4. The predicted molar refractivity (Wildman–Crippen MR) is 86.0 cm³/mol. The lowest BCUT2D eigenvalue weighted by Crippen LogP contribution is -2.49. The highest BCUT2D eigenvalue weighted by Gasteiger charge is 2.28. The molecule has 1 atom stereocenters. The van der Waals surface area contributed by atoms with Crippen molar-refractivity contribution in [1.29, 1.82) is 0 Å². The van der Waals surface area contributed by atoms with Gasteiger partial charge in [-0.15, -0.1) is 12.4 Å². The molecule has 1 aromatic heterocycles. The molecule has 2 aromatic rings. The summed E-state index contributed by atoms with van der Waals surface area (Å²) in [5.74, 6) is 0.642.